The van der Waals surface area contributed by atoms with Gasteiger partial charge in [-0.1, -0.05) is 6.08 Å². The van der Waals surface area contributed by atoms with Crippen LogP contribution in [0.15, 0.2) is 43.1 Å². The van der Waals surface area contributed by atoms with Crippen molar-refractivity contribution in [1.29, 1.82) is 0 Å². The summed E-state index contributed by atoms with van der Waals surface area (Å²) in [5, 5.41) is 5.87. The number of fused-ring (bicyclic) bond motifs is 2. The molecule has 10 heteroatoms. The molecule has 2 fully saturated rings. The van der Waals surface area contributed by atoms with Crippen molar-refractivity contribution < 1.29 is 28.5 Å². The fraction of sp³-hybridized carbons (Fsp3) is 0.381. The number of alkyl carbamates (subject to hydrolysis) is 1. The Morgan fingerprint density at radius 2 is 2.06 bits per heavy atom. The second-order valence-electron chi connectivity index (χ2n) is 7.29. The van der Waals surface area contributed by atoms with Gasteiger partial charge in [0.05, 0.1) is 24.9 Å². The third kappa shape index (κ3) is 3.99. The monoisotopic (exact) mass is 426 g/mol. The molecule has 0 saturated carbocycles. The maximum atomic E-state index is 11.8. The molecule has 5 rings (SSSR count). The van der Waals surface area contributed by atoms with E-state index in [1.165, 1.54) is 0 Å². The smallest absolute Gasteiger partial charge is 0.407 e. The fourth-order valence-electron chi connectivity index (χ4n) is 3.83. The van der Waals surface area contributed by atoms with Crippen LogP contribution in [0.4, 0.5) is 10.7 Å². The Balaban J connectivity index is 1.24. The van der Waals surface area contributed by atoms with Gasteiger partial charge in [0.1, 0.15) is 12.2 Å². The molecule has 4 unspecified atom stereocenters. The number of nitrogens with zero attached hydrogens (tertiary/aromatic N) is 2. The molecule has 3 aliphatic rings. The van der Waals surface area contributed by atoms with Crippen LogP contribution in [0.25, 0.3) is 11.3 Å². The number of carbonyl (C=O) groups excluding carboxylic acids is 1. The van der Waals surface area contributed by atoms with Gasteiger partial charge in [-0.25, -0.2) is 14.8 Å². The van der Waals surface area contributed by atoms with Crippen LogP contribution in [0, 0.1) is 0 Å². The van der Waals surface area contributed by atoms with Gasteiger partial charge in [0.25, 0.3) is 0 Å². The molecule has 0 bridgehead atoms. The van der Waals surface area contributed by atoms with Gasteiger partial charge in [-0.05, 0) is 24.3 Å². The first kappa shape index (κ1) is 19.6. The van der Waals surface area contributed by atoms with Crippen LogP contribution in [-0.4, -0.2) is 67.0 Å². The Bertz CT molecular complexity index is 986. The first-order valence-electron chi connectivity index (χ1n) is 9.99. The first-order chi connectivity index (χ1) is 15.2. The molecule has 0 aliphatic carbocycles. The van der Waals surface area contributed by atoms with Crippen LogP contribution >= 0.6 is 0 Å². The molecular weight excluding hydrogens is 404 g/mol. The lowest BCUT2D eigenvalue weighted by molar-refractivity contribution is 0.00475. The van der Waals surface area contributed by atoms with E-state index in [4.69, 9.17) is 23.7 Å². The number of carbonyl (C=O) groups is 1. The summed E-state index contributed by atoms with van der Waals surface area (Å²) in [6, 6.07) is 7.34. The predicted molar refractivity (Wildman–Crippen MR) is 109 cm³/mol. The van der Waals surface area contributed by atoms with Crippen molar-refractivity contribution in [3.63, 3.8) is 0 Å². The largest absolute Gasteiger partial charge is 0.454 e. The van der Waals surface area contributed by atoms with E-state index in [1.54, 1.807) is 12.3 Å². The lowest BCUT2D eigenvalue weighted by Crippen LogP contribution is -2.39. The second-order valence-corrected chi connectivity index (χ2v) is 7.29. The van der Waals surface area contributed by atoms with Crippen LogP contribution in [0.3, 0.4) is 0 Å². The maximum Gasteiger partial charge on any atom is 0.407 e. The van der Waals surface area contributed by atoms with Gasteiger partial charge < -0.3 is 34.3 Å². The van der Waals surface area contributed by atoms with Crippen molar-refractivity contribution >= 4 is 12.0 Å². The van der Waals surface area contributed by atoms with Crippen molar-refractivity contribution in [1.82, 2.24) is 15.3 Å². The average molecular weight is 426 g/mol. The number of anilines is 1. The lowest BCUT2D eigenvalue weighted by atomic mass is 10.1. The van der Waals surface area contributed by atoms with Crippen molar-refractivity contribution in [3.05, 3.63) is 43.1 Å². The summed E-state index contributed by atoms with van der Waals surface area (Å²) in [6.45, 7) is 4.78. The second kappa shape index (κ2) is 8.40. The highest BCUT2D eigenvalue weighted by atomic mass is 16.7. The zero-order valence-corrected chi connectivity index (χ0v) is 16.7. The average Bonchev–Trinajstić information content (AvgIpc) is 3.50. The molecule has 31 heavy (non-hydrogen) atoms. The normalized spacial score (nSPS) is 25.7. The van der Waals surface area contributed by atoms with Gasteiger partial charge in [-0.15, -0.1) is 6.58 Å². The zero-order chi connectivity index (χ0) is 21.2. The van der Waals surface area contributed by atoms with Gasteiger partial charge >= 0.3 is 6.09 Å². The molecule has 3 aliphatic heterocycles. The van der Waals surface area contributed by atoms with E-state index in [0.29, 0.717) is 24.8 Å². The minimum Gasteiger partial charge on any atom is -0.454 e. The van der Waals surface area contributed by atoms with Crippen molar-refractivity contribution in [2.45, 2.75) is 24.4 Å². The molecule has 10 nitrogen and oxygen atoms in total. The molecule has 2 saturated heterocycles. The number of aromatic nitrogens is 2. The number of benzene rings is 1. The third-order valence-electron chi connectivity index (χ3n) is 5.30. The molecule has 4 heterocycles. The van der Waals surface area contributed by atoms with Gasteiger partial charge in [-0.2, -0.15) is 0 Å². The minimum absolute atomic E-state index is 0.165. The van der Waals surface area contributed by atoms with E-state index in [-0.39, 0.29) is 31.6 Å². The Morgan fingerprint density at radius 3 is 2.97 bits per heavy atom. The first-order valence-corrected chi connectivity index (χ1v) is 9.99. The van der Waals surface area contributed by atoms with E-state index in [1.807, 2.05) is 24.3 Å². The highest BCUT2D eigenvalue weighted by Gasteiger charge is 2.49. The number of amides is 1. The van der Waals surface area contributed by atoms with Crippen LogP contribution in [0.5, 0.6) is 11.5 Å². The van der Waals surface area contributed by atoms with E-state index in [2.05, 4.69) is 27.2 Å². The SMILES string of the molecule is C=CCNC(=O)OC1COC2C(Nc3nccc(-c4ccc5c(c4)OCO5)n3)COC12. The standard InChI is InChI=1S/C21H22N4O6/c1-2-6-23-21(26)31-17-10-28-18-14(9-27-19(17)18)25-20-22-7-5-13(24-20)12-3-4-15-16(8-12)30-11-29-15/h2-5,7-8,14,17-19H,1,6,9-11H2,(H,23,26)(H,22,24,25). The Labute approximate surface area is 178 Å². The Morgan fingerprint density at radius 1 is 1.19 bits per heavy atom. The van der Waals surface area contributed by atoms with Crippen LogP contribution in [-0.2, 0) is 14.2 Å². The molecule has 162 valence electrons. The topological polar surface area (TPSA) is 113 Å². The zero-order valence-electron chi connectivity index (χ0n) is 16.7. The Hall–Kier alpha value is -3.37. The van der Waals surface area contributed by atoms with Crippen molar-refractivity contribution in [2.24, 2.45) is 0 Å². The summed E-state index contributed by atoms with van der Waals surface area (Å²) < 4.78 is 27.9. The molecule has 0 radical (unpaired) electrons. The Kier molecular flexibility index (Phi) is 5.31. The molecule has 2 N–H and O–H groups in total. The summed E-state index contributed by atoms with van der Waals surface area (Å²) >= 11 is 0. The molecule has 1 aromatic carbocycles. The number of rotatable bonds is 6. The quantitative estimate of drug-likeness (QED) is 0.667. The van der Waals surface area contributed by atoms with E-state index >= 15 is 0 Å². The lowest BCUT2D eigenvalue weighted by Gasteiger charge is -2.18. The van der Waals surface area contributed by atoms with Gasteiger partial charge in [0, 0.05) is 18.3 Å². The molecule has 1 aromatic heterocycles. The minimum atomic E-state index is -0.520. The molecular formula is C21H22N4O6. The van der Waals surface area contributed by atoms with Gasteiger partial charge in [0.2, 0.25) is 12.7 Å². The van der Waals surface area contributed by atoms with Gasteiger partial charge in [0.15, 0.2) is 17.6 Å². The number of ether oxygens (including phenoxy) is 5. The highest BCUT2D eigenvalue weighted by molar-refractivity contribution is 5.67. The summed E-state index contributed by atoms with van der Waals surface area (Å²) in [5.41, 5.74) is 1.64. The highest BCUT2D eigenvalue weighted by Crippen LogP contribution is 2.35. The van der Waals surface area contributed by atoms with Crippen LogP contribution in [0.2, 0.25) is 0 Å². The third-order valence-corrected chi connectivity index (χ3v) is 5.30. The molecule has 0 spiro atoms. The predicted octanol–water partition coefficient (Wildman–Crippen LogP) is 1.73. The van der Waals surface area contributed by atoms with Crippen LogP contribution in [0.1, 0.15) is 0 Å². The van der Waals surface area contributed by atoms with Crippen molar-refractivity contribution in [3.8, 4) is 22.8 Å². The summed E-state index contributed by atoms with van der Waals surface area (Å²) in [5.74, 6) is 1.87. The van der Waals surface area contributed by atoms with E-state index < -0.39 is 12.2 Å². The maximum absolute atomic E-state index is 11.8. The van der Waals surface area contributed by atoms with E-state index in [0.717, 1.165) is 17.0 Å². The molecule has 2 aromatic rings. The van der Waals surface area contributed by atoms with E-state index in [9.17, 15) is 4.79 Å². The van der Waals surface area contributed by atoms with Crippen molar-refractivity contribution in [2.75, 3.05) is 31.9 Å². The number of nitrogens with one attached hydrogen (secondary N) is 2. The number of hydrogen-bond donors (Lipinski definition) is 2. The van der Waals surface area contributed by atoms with Gasteiger partial charge in [-0.3, -0.25) is 0 Å². The number of hydrogen-bond acceptors (Lipinski definition) is 9. The summed E-state index contributed by atoms with van der Waals surface area (Å²) in [7, 11) is 0. The summed E-state index contributed by atoms with van der Waals surface area (Å²) in [6.07, 6.45) is 1.67. The van der Waals surface area contributed by atoms with Crippen LogP contribution < -0.4 is 20.1 Å². The summed E-state index contributed by atoms with van der Waals surface area (Å²) in [4.78, 5) is 20.8. The molecule has 4 atom stereocenters. The fourth-order valence-corrected chi connectivity index (χ4v) is 3.83. The molecule has 1 amide bonds.